The van der Waals surface area contributed by atoms with Gasteiger partial charge in [-0.15, -0.1) is 0 Å². The van der Waals surface area contributed by atoms with Gasteiger partial charge < -0.3 is 15.2 Å². The molecule has 110 valence electrons. The molecular formula is C15H11N3O4. The van der Waals surface area contributed by atoms with Gasteiger partial charge in [0.25, 0.3) is 0 Å². The summed E-state index contributed by atoms with van der Waals surface area (Å²) in [5.41, 5.74) is 1.39. The van der Waals surface area contributed by atoms with Crippen LogP contribution in [0.5, 0.6) is 11.5 Å². The maximum atomic E-state index is 10.9. The third-order valence-electron chi connectivity index (χ3n) is 3.20. The van der Waals surface area contributed by atoms with Crippen molar-refractivity contribution in [2.45, 2.75) is 0 Å². The highest BCUT2D eigenvalue weighted by Gasteiger charge is 2.20. The summed E-state index contributed by atoms with van der Waals surface area (Å²) in [6.07, 6.45) is 1.60. The Morgan fingerprint density at radius 2 is 1.82 bits per heavy atom. The van der Waals surface area contributed by atoms with E-state index in [1.807, 2.05) is 30.3 Å². The number of hydrogen-bond acceptors (Lipinski definition) is 5. The van der Waals surface area contributed by atoms with Crippen molar-refractivity contribution in [3.63, 3.8) is 0 Å². The van der Waals surface area contributed by atoms with E-state index >= 15 is 0 Å². The van der Waals surface area contributed by atoms with E-state index in [9.17, 15) is 20.3 Å². The Balaban J connectivity index is 2.06. The number of aromatic amines is 1. The number of aromatic hydroxyl groups is 2. The maximum absolute atomic E-state index is 10.9. The van der Waals surface area contributed by atoms with E-state index in [2.05, 4.69) is 9.97 Å². The molecule has 0 radical (unpaired) electrons. The first-order valence-electron chi connectivity index (χ1n) is 6.37. The highest BCUT2D eigenvalue weighted by atomic mass is 16.6. The lowest BCUT2D eigenvalue weighted by Gasteiger charge is -2.02. The molecule has 1 aromatic heterocycles. The number of nitro groups is 1. The molecule has 0 unspecified atom stereocenters. The summed E-state index contributed by atoms with van der Waals surface area (Å²) in [5, 5.41) is 30.0. The van der Waals surface area contributed by atoms with E-state index in [-0.39, 0.29) is 0 Å². The van der Waals surface area contributed by atoms with Crippen molar-refractivity contribution < 1.29 is 15.1 Å². The molecule has 2 aromatic carbocycles. The minimum atomic E-state index is -0.764. The van der Waals surface area contributed by atoms with E-state index in [0.29, 0.717) is 11.4 Å². The number of benzene rings is 2. The Labute approximate surface area is 124 Å². The molecule has 0 fully saturated rings. The molecule has 0 aliphatic heterocycles. The zero-order valence-electron chi connectivity index (χ0n) is 11.2. The van der Waals surface area contributed by atoms with Crippen molar-refractivity contribution in [3.05, 3.63) is 58.8 Å². The van der Waals surface area contributed by atoms with Gasteiger partial charge in [0, 0.05) is 11.6 Å². The molecule has 7 nitrogen and oxygen atoms in total. The minimum absolute atomic E-state index is 0.309. The van der Waals surface area contributed by atoms with Crippen molar-refractivity contribution in [1.82, 2.24) is 9.97 Å². The Morgan fingerprint density at radius 1 is 1.09 bits per heavy atom. The maximum Gasteiger partial charge on any atom is 0.315 e. The van der Waals surface area contributed by atoms with Crippen molar-refractivity contribution in [2.75, 3.05) is 0 Å². The summed E-state index contributed by atoms with van der Waals surface area (Å²) < 4.78 is 0. The molecule has 0 saturated heterocycles. The van der Waals surface area contributed by atoms with Crippen LogP contribution in [0.1, 0.15) is 0 Å². The lowest BCUT2D eigenvalue weighted by atomic mass is 10.1. The van der Waals surface area contributed by atoms with Gasteiger partial charge >= 0.3 is 5.69 Å². The van der Waals surface area contributed by atoms with Crippen LogP contribution in [-0.4, -0.2) is 25.1 Å². The van der Waals surface area contributed by atoms with Gasteiger partial charge in [-0.2, -0.15) is 0 Å². The second-order valence-corrected chi connectivity index (χ2v) is 4.63. The van der Waals surface area contributed by atoms with Gasteiger partial charge in [-0.25, -0.2) is 4.98 Å². The van der Waals surface area contributed by atoms with Crippen LogP contribution in [-0.2, 0) is 0 Å². The Hall–Kier alpha value is -3.35. The quantitative estimate of drug-likeness (QED) is 0.390. The van der Waals surface area contributed by atoms with Crippen molar-refractivity contribution >= 4 is 5.69 Å². The molecule has 3 N–H and O–H groups in total. The van der Waals surface area contributed by atoms with Crippen LogP contribution >= 0.6 is 0 Å². The van der Waals surface area contributed by atoms with Gasteiger partial charge in [0.15, 0.2) is 5.75 Å². The molecule has 0 saturated carbocycles. The highest BCUT2D eigenvalue weighted by Crippen LogP contribution is 2.38. The third-order valence-corrected chi connectivity index (χ3v) is 3.20. The average molecular weight is 297 g/mol. The van der Waals surface area contributed by atoms with Gasteiger partial charge in [-0.05, 0) is 11.6 Å². The molecule has 1 heterocycles. The number of phenols is 2. The normalized spacial score (nSPS) is 10.5. The summed E-state index contributed by atoms with van der Waals surface area (Å²) in [4.78, 5) is 17.3. The fraction of sp³-hybridized carbons (Fsp3) is 0. The van der Waals surface area contributed by atoms with E-state index < -0.39 is 22.1 Å². The SMILES string of the molecule is O=[N+]([O-])c1cc(-c2ncc(-c3ccccc3)[nH]2)cc(O)c1O. The van der Waals surface area contributed by atoms with Gasteiger partial charge in [-0.3, -0.25) is 10.1 Å². The van der Waals surface area contributed by atoms with Crippen LogP contribution in [0.3, 0.4) is 0 Å². The van der Waals surface area contributed by atoms with Gasteiger partial charge in [0.05, 0.1) is 16.8 Å². The van der Waals surface area contributed by atoms with E-state index in [1.54, 1.807) is 6.20 Å². The number of H-pyrrole nitrogens is 1. The second kappa shape index (κ2) is 5.21. The summed E-state index contributed by atoms with van der Waals surface area (Å²) >= 11 is 0. The number of nitrogens with one attached hydrogen (secondary N) is 1. The summed E-state index contributed by atoms with van der Waals surface area (Å²) in [7, 11) is 0. The fourth-order valence-electron chi connectivity index (χ4n) is 2.11. The highest BCUT2D eigenvalue weighted by molar-refractivity contribution is 5.70. The topological polar surface area (TPSA) is 112 Å². The van der Waals surface area contributed by atoms with Crippen LogP contribution in [0.25, 0.3) is 22.6 Å². The predicted octanol–water partition coefficient (Wildman–Crippen LogP) is 3.06. The van der Waals surface area contributed by atoms with Crippen LogP contribution in [0, 0.1) is 10.1 Å². The Bertz CT molecular complexity index is 843. The molecule has 0 spiro atoms. The number of rotatable bonds is 3. The Kier molecular flexibility index (Phi) is 3.23. The predicted molar refractivity (Wildman–Crippen MR) is 79.4 cm³/mol. The molecule has 0 aliphatic rings. The lowest BCUT2D eigenvalue weighted by Crippen LogP contribution is -1.91. The molecule has 0 atom stereocenters. The zero-order valence-corrected chi connectivity index (χ0v) is 11.2. The molecule has 0 amide bonds. The van der Waals surface area contributed by atoms with Gasteiger partial charge in [0.1, 0.15) is 5.82 Å². The monoisotopic (exact) mass is 297 g/mol. The van der Waals surface area contributed by atoms with E-state index in [0.717, 1.165) is 17.3 Å². The van der Waals surface area contributed by atoms with Crippen molar-refractivity contribution in [2.24, 2.45) is 0 Å². The molecule has 22 heavy (non-hydrogen) atoms. The van der Waals surface area contributed by atoms with Gasteiger partial charge in [-0.1, -0.05) is 30.3 Å². The van der Waals surface area contributed by atoms with Crippen LogP contribution < -0.4 is 0 Å². The van der Waals surface area contributed by atoms with Crippen LogP contribution in [0.4, 0.5) is 5.69 Å². The summed E-state index contributed by atoms with van der Waals surface area (Å²) in [6, 6.07) is 11.8. The summed E-state index contributed by atoms with van der Waals surface area (Å²) in [5.74, 6) is -0.970. The van der Waals surface area contributed by atoms with E-state index in [4.69, 9.17) is 0 Å². The van der Waals surface area contributed by atoms with Crippen molar-refractivity contribution in [1.29, 1.82) is 0 Å². The average Bonchev–Trinajstić information content (AvgIpc) is 3.00. The first kappa shape index (κ1) is 13.6. The fourth-order valence-corrected chi connectivity index (χ4v) is 2.11. The first-order chi connectivity index (χ1) is 10.6. The smallest absolute Gasteiger partial charge is 0.315 e. The van der Waals surface area contributed by atoms with Gasteiger partial charge in [0.2, 0.25) is 5.75 Å². The second-order valence-electron chi connectivity index (χ2n) is 4.63. The first-order valence-corrected chi connectivity index (χ1v) is 6.37. The zero-order chi connectivity index (χ0) is 15.7. The Morgan fingerprint density at radius 3 is 2.50 bits per heavy atom. The minimum Gasteiger partial charge on any atom is -0.504 e. The molecule has 3 rings (SSSR count). The number of hydrogen-bond donors (Lipinski definition) is 3. The molecule has 3 aromatic rings. The molecule has 0 bridgehead atoms. The number of phenolic OH excluding ortho intramolecular Hbond substituents is 2. The molecular weight excluding hydrogens is 286 g/mol. The van der Waals surface area contributed by atoms with Crippen LogP contribution in [0.2, 0.25) is 0 Å². The number of imidazole rings is 1. The van der Waals surface area contributed by atoms with E-state index in [1.165, 1.54) is 6.07 Å². The van der Waals surface area contributed by atoms with Crippen molar-refractivity contribution in [3.8, 4) is 34.1 Å². The molecule has 7 heteroatoms. The largest absolute Gasteiger partial charge is 0.504 e. The number of nitrogens with zero attached hydrogens (tertiary/aromatic N) is 2. The number of aromatic nitrogens is 2. The standard InChI is InChI=1S/C15H11N3O4/c19-13-7-10(6-12(14(13)20)18(21)22)15-16-8-11(17-15)9-4-2-1-3-5-9/h1-8,19-20H,(H,16,17). The summed E-state index contributed by atoms with van der Waals surface area (Å²) in [6.45, 7) is 0. The third kappa shape index (κ3) is 2.35. The number of nitro benzene ring substituents is 1. The van der Waals surface area contributed by atoms with Crippen LogP contribution in [0.15, 0.2) is 48.7 Å². The lowest BCUT2D eigenvalue weighted by molar-refractivity contribution is -0.385. The molecule has 0 aliphatic carbocycles.